The summed E-state index contributed by atoms with van der Waals surface area (Å²) in [7, 11) is 2.60. The second-order valence-corrected chi connectivity index (χ2v) is 10.3. The summed E-state index contributed by atoms with van der Waals surface area (Å²) in [5.74, 6) is -2.20. The van der Waals surface area contributed by atoms with Crippen molar-refractivity contribution in [3.63, 3.8) is 0 Å². The standard InChI is InChI=1S/C29H26FN5O14/c1-4-43-26(38)12-7-14(41-2)20-22(46-10-44-20)17(12)18-13(8-15(42-3)21-23(18)47-11-45-21)27(39)48-24-19(30)25(49-29(24,9-36)33-34-31)35-6-5-16(37)32-28(35)40/h5-8,19,24-25,36H,4,9-11H2,1-3H3,(H,32,37,40)/t19-,24-,25+,29+/m0/s1. The van der Waals surface area contributed by atoms with Crippen LogP contribution in [0.4, 0.5) is 4.39 Å². The fraction of sp³-hybridized carbons (Fsp3) is 0.379. The summed E-state index contributed by atoms with van der Waals surface area (Å²) >= 11 is 0. The normalized spacial score (nSPS) is 21.5. The zero-order valence-corrected chi connectivity index (χ0v) is 25.8. The number of hydrogen-bond donors (Lipinski definition) is 2. The molecule has 3 aromatic rings. The van der Waals surface area contributed by atoms with Crippen molar-refractivity contribution in [1.29, 1.82) is 0 Å². The van der Waals surface area contributed by atoms with Crippen molar-refractivity contribution in [3.8, 4) is 45.6 Å². The van der Waals surface area contributed by atoms with Crippen molar-refractivity contribution in [3.05, 3.63) is 66.8 Å². The largest absolute Gasteiger partial charge is 0.493 e. The van der Waals surface area contributed by atoms with Crippen LogP contribution in [0.15, 0.2) is 39.1 Å². The molecule has 2 aromatic carbocycles. The summed E-state index contributed by atoms with van der Waals surface area (Å²) in [6, 6.07) is 3.36. The first-order valence-electron chi connectivity index (χ1n) is 14.3. The molecule has 0 saturated carbocycles. The molecule has 19 nitrogen and oxygen atoms in total. The summed E-state index contributed by atoms with van der Waals surface area (Å²) < 4.78 is 66.9. The maximum atomic E-state index is 16.3. The molecular weight excluding hydrogens is 661 g/mol. The van der Waals surface area contributed by atoms with Crippen molar-refractivity contribution in [2.24, 2.45) is 5.11 Å². The quantitative estimate of drug-likeness (QED) is 0.134. The molecule has 0 bridgehead atoms. The molecule has 4 atom stereocenters. The Hall–Kier alpha value is -5.98. The molecular formula is C29H26FN5O14. The minimum absolute atomic E-state index is 0.0243. The number of rotatable bonds is 10. The predicted molar refractivity (Wildman–Crippen MR) is 158 cm³/mol. The molecule has 0 aliphatic carbocycles. The Balaban J connectivity index is 1.54. The minimum atomic E-state index is -2.60. The van der Waals surface area contributed by atoms with E-state index in [1.54, 1.807) is 6.92 Å². The van der Waals surface area contributed by atoms with Crippen LogP contribution in [0.25, 0.3) is 21.6 Å². The third-order valence-electron chi connectivity index (χ3n) is 7.75. The highest BCUT2D eigenvalue weighted by atomic mass is 19.1. The van der Waals surface area contributed by atoms with Gasteiger partial charge in [-0.1, -0.05) is 5.11 Å². The molecule has 0 spiro atoms. The summed E-state index contributed by atoms with van der Waals surface area (Å²) in [6.45, 7) is -0.322. The Morgan fingerprint density at radius 2 is 1.61 bits per heavy atom. The van der Waals surface area contributed by atoms with Gasteiger partial charge in [-0.3, -0.25) is 14.3 Å². The van der Waals surface area contributed by atoms with Crippen molar-refractivity contribution < 1.29 is 61.7 Å². The number of alkyl halides is 1. The lowest BCUT2D eigenvalue weighted by molar-refractivity contribution is -0.126. The number of methoxy groups -OCH3 is 2. The average Bonchev–Trinajstić information content (AvgIpc) is 3.84. The number of nitrogens with one attached hydrogen (secondary N) is 1. The fourth-order valence-corrected chi connectivity index (χ4v) is 5.64. The van der Waals surface area contributed by atoms with Crippen molar-refractivity contribution >= 4 is 11.9 Å². The number of esters is 2. The number of hydrogen-bond acceptors (Lipinski definition) is 15. The smallest absolute Gasteiger partial charge is 0.339 e. The third-order valence-corrected chi connectivity index (χ3v) is 7.75. The molecule has 20 heteroatoms. The van der Waals surface area contributed by atoms with E-state index in [4.69, 9.17) is 42.6 Å². The highest BCUT2D eigenvalue weighted by Gasteiger charge is 2.59. The molecule has 3 aliphatic heterocycles. The van der Waals surface area contributed by atoms with Gasteiger partial charge in [0.1, 0.15) is 0 Å². The van der Waals surface area contributed by atoms with Crippen LogP contribution >= 0.6 is 0 Å². The fourth-order valence-electron chi connectivity index (χ4n) is 5.64. The van der Waals surface area contributed by atoms with Crippen LogP contribution in [0, 0.1) is 0 Å². The van der Waals surface area contributed by atoms with Gasteiger partial charge in [-0.2, -0.15) is 0 Å². The number of H-pyrrole nitrogens is 1. The number of aliphatic hydroxyl groups is 1. The van der Waals surface area contributed by atoms with Crippen molar-refractivity contribution in [2.75, 3.05) is 41.0 Å². The van der Waals surface area contributed by atoms with Crippen LogP contribution in [0.3, 0.4) is 0 Å². The zero-order chi connectivity index (χ0) is 35.0. The van der Waals surface area contributed by atoms with Gasteiger partial charge < -0.3 is 47.7 Å². The number of fused-ring (bicyclic) bond motifs is 2. The summed E-state index contributed by atoms with van der Waals surface area (Å²) in [5.41, 5.74) is 3.99. The van der Waals surface area contributed by atoms with Gasteiger partial charge in [-0.15, -0.1) is 0 Å². The number of aliphatic hydroxyl groups excluding tert-OH is 1. The number of aromatic nitrogens is 2. The molecule has 0 unspecified atom stereocenters. The maximum absolute atomic E-state index is 16.3. The number of azide groups is 1. The molecule has 6 rings (SSSR count). The van der Waals surface area contributed by atoms with Gasteiger partial charge in [0.15, 0.2) is 41.5 Å². The van der Waals surface area contributed by atoms with Crippen LogP contribution in [-0.2, 0) is 14.2 Å². The summed E-state index contributed by atoms with van der Waals surface area (Å²) in [6.07, 6.45) is -5.71. The molecule has 0 radical (unpaired) electrons. The van der Waals surface area contributed by atoms with E-state index in [1.165, 1.54) is 20.3 Å². The van der Waals surface area contributed by atoms with E-state index in [2.05, 4.69) is 10.0 Å². The van der Waals surface area contributed by atoms with Gasteiger partial charge in [0.05, 0.1) is 38.6 Å². The lowest BCUT2D eigenvalue weighted by Crippen LogP contribution is -2.46. The first-order valence-corrected chi connectivity index (χ1v) is 14.3. The Kier molecular flexibility index (Phi) is 8.68. The zero-order valence-electron chi connectivity index (χ0n) is 25.8. The van der Waals surface area contributed by atoms with Gasteiger partial charge in [-0.25, -0.2) is 18.8 Å². The number of nitrogens with zero attached hydrogens (tertiary/aromatic N) is 4. The van der Waals surface area contributed by atoms with Gasteiger partial charge in [-0.05, 0) is 24.6 Å². The molecule has 1 fully saturated rings. The van der Waals surface area contributed by atoms with Gasteiger partial charge in [0, 0.05) is 28.3 Å². The molecule has 2 N–H and O–H groups in total. The molecule has 49 heavy (non-hydrogen) atoms. The number of carbonyl (C=O) groups is 2. The number of halogens is 1. The summed E-state index contributed by atoms with van der Waals surface area (Å²) in [5, 5.41) is 13.7. The van der Waals surface area contributed by atoms with Gasteiger partial charge in [0.25, 0.3) is 5.56 Å². The average molecular weight is 688 g/mol. The topological polar surface area (TPSA) is 241 Å². The molecule has 4 heterocycles. The van der Waals surface area contributed by atoms with E-state index >= 15 is 4.39 Å². The second-order valence-electron chi connectivity index (χ2n) is 10.3. The van der Waals surface area contributed by atoms with E-state index in [-0.39, 0.29) is 71.4 Å². The number of carbonyl (C=O) groups excluding carboxylic acids is 2. The minimum Gasteiger partial charge on any atom is -0.493 e. The lowest BCUT2D eigenvalue weighted by atomic mass is 9.91. The highest BCUT2D eigenvalue weighted by molar-refractivity contribution is 6.08. The maximum Gasteiger partial charge on any atom is 0.339 e. The SMILES string of the molecule is CCOC(=O)c1cc(OC)c2c(c1-c1c(C(=O)O[C@H]3[C@H](F)[C@H](n4ccc(=O)[nH]c4=O)O[C@@]3(CO)N=[N+]=[N-])cc(OC)c3c1OCO3)OCO2. The van der Waals surface area contributed by atoms with E-state index in [1.807, 2.05) is 4.98 Å². The van der Waals surface area contributed by atoms with E-state index in [0.717, 1.165) is 18.3 Å². The number of benzene rings is 2. The van der Waals surface area contributed by atoms with Crippen LogP contribution in [0.5, 0.6) is 34.5 Å². The Labute approximate surface area is 273 Å². The summed E-state index contributed by atoms with van der Waals surface area (Å²) in [4.78, 5) is 56.3. The van der Waals surface area contributed by atoms with Gasteiger partial charge in [0.2, 0.25) is 30.8 Å². The predicted octanol–water partition coefficient (Wildman–Crippen LogP) is 1.95. The van der Waals surface area contributed by atoms with Crippen LogP contribution in [-0.4, -0.2) is 85.6 Å². The van der Waals surface area contributed by atoms with E-state index in [0.29, 0.717) is 4.57 Å². The molecule has 0 amide bonds. The van der Waals surface area contributed by atoms with Gasteiger partial charge >= 0.3 is 17.6 Å². The number of aromatic amines is 1. The third kappa shape index (κ3) is 5.36. The molecule has 1 aromatic heterocycles. The highest BCUT2D eigenvalue weighted by Crippen LogP contribution is 2.57. The Morgan fingerprint density at radius 3 is 2.12 bits per heavy atom. The van der Waals surface area contributed by atoms with Crippen molar-refractivity contribution in [2.45, 2.75) is 31.2 Å². The van der Waals surface area contributed by atoms with E-state index in [9.17, 15) is 29.8 Å². The Morgan fingerprint density at radius 1 is 1.04 bits per heavy atom. The Bertz CT molecular complexity index is 2010. The van der Waals surface area contributed by atoms with Crippen LogP contribution in [0.2, 0.25) is 0 Å². The van der Waals surface area contributed by atoms with Crippen LogP contribution < -0.4 is 39.7 Å². The van der Waals surface area contributed by atoms with E-state index < -0.39 is 59.6 Å². The second kappa shape index (κ2) is 12.9. The van der Waals surface area contributed by atoms with Crippen molar-refractivity contribution in [1.82, 2.24) is 9.55 Å². The van der Waals surface area contributed by atoms with Crippen LogP contribution in [0.1, 0.15) is 33.9 Å². The molecule has 3 aliphatic rings. The monoisotopic (exact) mass is 687 g/mol. The first-order chi connectivity index (χ1) is 23.6. The first kappa shape index (κ1) is 32.9. The molecule has 258 valence electrons. The number of ether oxygens (including phenoxy) is 9. The lowest BCUT2D eigenvalue weighted by Gasteiger charge is -2.27. The molecule has 1 saturated heterocycles.